The molecule has 220 valence electrons. The summed E-state index contributed by atoms with van der Waals surface area (Å²) < 4.78 is 5.50. The summed E-state index contributed by atoms with van der Waals surface area (Å²) in [5.74, 6) is -0.934. The van der Waals surface area contributed by atoms with Crippen LogP contribution in [-0.4, -0.2) is 51.1 Å². The monoisotopic (exact) mass is 553 g/mol. The first kappa shape index (κ1) is 32.7. The first-order chi connectivity index (χ1) is 18.7. The van der Waals surface area contributed by atoms with E-state index in [1.54, 1.807) is 39.0 Å². The van der Waals surface area contributed by atoms with E-state index in [-0.39, 0.29) is 18.2 Å². The quantitative estimate of drug-likeness (QED) is 0.304. The third-order valence-corrected chi connectivity index (χ3v) is 6.87. The van der Waals surface area contributed by atoms with E-state index < -0.39 is 41.1 Å². The molecule has 3 unspecified atom stereocenters. The molecule has 0 saturated heterocycles. The Balaban J connectivity index is 2.66. The lowest BCUT2D eigenvalue weighted by Crippen LogP contribution is -2.60. The Hall–Kier alpha value is -3.55. The molecule has 8 nitrogen and oxygen atoms in total. The largest absolute Gasteiger partial charge is 0.508 e. The molecule has 0 heterocycles. The van der Waals surface area contributed by atoms with Crippen molar-refractivity contribution in [1.82, 2.24) is 15.5 Å². The lowest BCUT2D eigenvalue weighted by Gasteiger charge is -2.45. The summed E-state index contributed by atoms with van der Waals surface area (Å²) in [7, 11) is 0. The van der Waals surface area contributed by atoms with Gasteiger partial charge in [-0.15, -0.1) is 0 Å². The van der Waals surface area contributed by atoms with Gasteiger partial charge >= 0.3 is 6.09 Å². The minimum absolute atomic E-state index is 0.0878. The summed E-state index contributed by atoms with van der Waals surface area (Å²) in [6.45, 7) is 14.9. The predicted octanol–water partition coefficient (Wildman–Crippen LogP) is 5.89. The zero-order valence-corrected chi connectivity index (χ0v) is 25.3. The van der Waals surface area contributed by atoms with Gasteiger partial charge in [0.2, 0.25) is 11.8 Å². The maximum Gasteiger partial charge on any atom is 0.408 e. The number of nitrogens with zero attached hydrogens (tertiary/aromatic N) is 1. The number of benzene rings is 2. The zero-order chi connectivity index (χ0) is 30.1. The van der Waals surface area contributed by atoms with Crippen LogP contribution in [0.1, 0.15) is 91.8 Å². The minimum Gasteiger partial charge on any atom is -0.508 e. The highest BCUT2D eigenvalue weighted by atomic mass is 16.6. The Bertz CT molecular complexity index is 1130. The average Bonchev–Trinajstić information content (AvgIpc) is 2.86. The van der Waals surface area contributed by atoms with E-state index in [1.165, 1.54) is 11.0 Å². The molecule has 3 amide bonds. The number of alkyl carbamates (subject to hydrolysis) is 1. The molecule has 2 aromatic rings. The van der Waals surface area contributed by atoms with Crippen molar-refractivity contribution in [3.8, 4) is 5.75 Å². The molecule has 0 saturated carbocycles. The number of hydrogen-bond acceptors (Lipinski definition) is 5. The summed E-state index contributed by atoms with van der Waals surface area (Å²) in [5, 5.41) is 16.7. The highest BCUT2D eigenvalue weighted by Crippen LogP contribution is 2.36. The molecule has 8 heteroatoms. The first-order valence-corrected chi connectivity index (χ1v) is 14.1. The lowest BCUT2D eigenvalue weighted by molar-refractivity contribution is -0.149. The van der Waals surface area contributed by atoms with E-state index >= 15 is 0 Å². The van der Waals surface area contributed by atoms with Gasteiger partial charge in [-0.3, -0.25) is 9.59 Å². The van der Waals surface area contributed by atoms with Gasteiger partial charge in [0, 0.05) is 23.6 Å². The number of para-hydroxylation sites is 1. The Labute approximate surface area is 239 Å². The Morgan fingerprint density at radius 3 is 2.08 bits per heavy atom. The molecule has 0 aliphatic rings. The topological polar surface area (TPSA) is 108 Å². The molecular weight excluding hydrogens is 506 g/mol. The van der Waals surface area contributed by atoms with Crippen LogP contribution in [-0.2, 0) is 20.7 Å². The van der Waals surface area contributed by atoms with Crippen LogP contribution < -0.4 is 10.6 Å². The Kier molecular flexibility index (Phi) is 11.6. The Morgan fingerprint density at radius 2 is 1.52 bits per heavy atom. The number of carbonyl (C=O) groups is 3. The number of ether oxygens (including phenoxy) is 1. The van der Waals surface area contributed by atoms with E-state index in [2.05, 4.69) is 10.6 Å². The van der Waals surface area contributed by atoms with Crippen LogP contribution in [0.25, 0.3) is 0 Å². The van der Waals surface area contributed by atoms with E-state index in [4.69, 9.17) is 4.74 Å². The van der Waals surface area contributed by atoms with Gasteiger partial charge in [-0.1, -0.05) is 68.8 Å². The maximum atomic E-state index is 14.6. The third-order valence-electron chi connectivity index (χ3n) is 6.87. The van der Waals surface area contributed by atoms with E-state index in [0.29, 0.717) is 12.0 Å². The van der Waals surface area contributed by atoms with Gasteiger partial charge in [0.15, 0.2) is 0 Å². The van der Waals surface area contributed by atoms with Gasteiger partial charge in [0.05, 0.1) is 0 Å². The van der Waals surface area contributed by atoms with Crippen molar-refractivity contribution < 1.29 is 24.2 Å². The number of phenols is 1. The van der Waals surface area contributed by atoms with Crippen LogP contribution in [0.2, 0.25) is 0 Å². The molecule has 0 aliphatic carbocycles. The van der Waals surface area contributed by atoms with Crippen LogP contribution in [0, 0.1) is 0 Å². The van der Waals surface area contributed by atoms with Crippen LogP contribution >= 0.6 is 0 Å². The lowest BCUT2D eigenvalue weighted by atomic mass is 9.90. The fourth-order valence-corrected chi connectivity index (χ4v) is 4.56. The van der Waals surface area contributed by atoms with Crippen molar-refractivity contribution in [1.29, 1.82) is 0 Å². The van der Waals surface area contributed by atoms with Gasteiger partial charge in [-0.05, 0) is 66.0 Å². The molecule has 2 aromatic carbocycles. The summed E-state index contributed by atoms with van der Waals surface area (Å²) in [5.41, 5.74) is -0.430. The van der Waals surface area contributed by atoms with E-state index in [1.807, 2.05) is 65.0 Å². The molecular formula is C32H47N3O5. The van der Waals surface area contributed by atoms with Crippen LogP contribution in [0.3, 0.4) is 0 Å². The third kappa shape index (κ3) is 9.28. The van der Waals surface area contributed by atoms with Gasteiger partial charge in [-0.25, -0.2) is 4.79 Å². The second-order valence-corrected chi connectivity index (χ2v) is 11.9. The van der Waals surface area contributed by atoms with Crippen molar-refractivity contribution in [2.24, 2.45) is 0 Å². The van der Waals surface area contributed by atoms with Crippen LogP contribution in [0.15, 0.2) is 54.6 Å². The average molecular weight is 554 g/mol. The van der Waals surface area contributed by atoms with Crippen LogP contribution in [0.4, 0.5) is 4.79 Å². The fraction of sp³-hybridized carbons (Fsp3) is 0.531. The predicted molar refractivity (Wildman–Crippen MR) is 158 cm³/mol. The van der Waals surface area contributed by atoms with Crippen molar-refractivity contribution in [3.63, 3.8) is 0 Å². The van der Waals surface area contributed by atoms with Crippen molar-refractivity contribution >= 4 is 17.9 Å². The van der Waals surface area contributed by atoms with Gasteiger partial charge in [0.1, 0.15) is 23.4 Å². The molecule has 2 rings (SSSR count). The number of carbonyl (C=O) groups excluding carboxylic acids is 3. The van der Waals surface area contributed by atoms with Gasteiger partial charge in [0.25, 0.3) is 0 Å². The number of amides is 3. The number of hydrogen-bond donors (Lipinski definition) is 3. The van der Waals surface area contributed by atoms with Gasteiger partial charge in [-0.2, -0.15) is 0 Å². The van der Waals surface area contributed by atoms with Crippen molar-refractivity contribution in [2.45, 2.75) is 110 Å². The number of nitrogens with one attached hydrogen (secondary N) is 2. The summed E-state index contributed by atoms with van der Waals surface area (Å²) in [6, 6.07) is 13.6. The Morgan fingerprint density at radius 1 is 0.925 bits per heavy atom. The molecule has 0 aliphatic heterocycles. The highest BCUT2D eigenvalue weighted by Gasteiger charge is 2.44. The normalized spacial score (nSPS) is 14.0. The van der Waals surface area contributed by atoms with E-state index in [0.717, 1.165) is 18.4 Å². The SMILES string of the molecule is CCCC(C)NC(=O)C(c1ccccc1O)N(C(=O)C(Cc1ccccc1)NC(=O)OC(C)(C)C)C(C)(C)CC. The number of rotatable bonds is 12. The van der Waals surface area contributed by atoms with Crippen molar-refractivity contribution in [2.75, 3.05) is 0 Å². The van der Waals surface area contributed by atoms with Crippen LogP contribution in [0.5, 0.6) is 5.75 Å². The summed E-state index contributed by atoms with van der Waals surface area (Å²) in [6.07, 6.45) is 1.63. The summed E-state index contributed by atoms with van der Waals surface area (Å²) >= 11 is 0. The minimum atomic E-state index is -1.14. The smallest absolute Gasteiger partial charge is 0.408 e. The number of phenolic OH excluding ortho intramolecular Hbond substituents is 1. The fourth-order valence-electron chi connectivity index (χ4n) is 4.56. The van der Waals surface area contributed by atoms with Gasteiger partial charge < -0.3 is 25.4 Å². The second-order valence-electron chi connectivity index (χ2n) is 11.9. The number of aromatic hydroxyl groups is 1. The summed E-state index contributed by atoms with van der Waals surface area (Å²) in [4.78, 5) is 43.0. The molecule has 0 spiro atoms. The molecule has 0 radical (unpaired) electrons. The highest BCUT2D eigenvalue weighted by molar-refractivity contribution is 5.93. The molecule has 3 atom stereocenters. The standard InChI is InChI=1S/C32H47N3O5/c1-9-16-22(3)33-28(37)27(24-19-14-15-20-26(24)36)35(32(7,8)10-2)29(38)25(21-23-17-12-11-13-18-23)34-30(39)40-31(4,5)6/h11-15,17-20,22,25,27,36H,9-10,16,21H2,1-8H3,(H,33,37)(H,34,39). The molecule has 3 N–H and O–H groups in total. The second kappa shape index (κ2) is 14.2. The maximum absolute atomic E-state index is 14.6. The first-order valence-electron chi connectivity index (χ1n) is 14.1. The molecule has 40 heavy (non-hydrogen) atoms. The van der Waals surface area contributed by atoms with Crippen molar-refractivity contribution in [3.05, 3.63) is 65.7 Å². The molecule has 0 bridgehead atoms. The molecule has 0 fully saturated rings. The molecule has 0 aromatic heterocycles. The van der Waals surface area contributed by atoms with E-state index in [9.17, 15) is 19.5 Å². The zero-order valence-electron chi connectivity index (χ0n) is 25.3.